The highest BCUT2D eigenvalue weighted by molar-refractivity contribution is 5.97. The van der Waals surface area contributed by atoms with Crippen LogP contribution >= 0.6 is 0 Å². The van der Waals surface area contributed by atoms with Gasteiger partial charge in [-0.25, -0.2) is 4.79 Å². The van der Waals surface area contributed by atoms with E-state index in [4.69, 9.17) is 47.4 Å². The first kappa shape index (κ1) is 48.4. The van der Waals surface area contributed by atoms with Crippen LogP contribution in [0.1, 0.15) is 107 Å². The predicted molar refractivity (Wildman–Crippen MR) is 228 cm³/mol. The molecule has 3 N–H and O–H groups in total. The Labute approximate surface area is 372 Å². The van der Waals surface area contributed by atoms with Gasteiger partial charge in [-0.3, -0.25) is 4.79 Å². The lowest BCUT2D eigenvalue weighted by Crippen LogP contribution is -2.58. The standard InChI is InChI=1S/C48H72O15/c1-11-24(2)42-27(5)17-18-47(63-42)23-32-20-31(62-47)16-15-26(4)41(59-38-22-36(55-10)43(30(8)57-38)60-37-21-35(54-9)40(50)29(7)56-37)25(3)13-12-14-33-45(51)61-44-39(49)28(6)19-34(46(52)58-32)48(33,44)53/h12-15,19,24-25,27,29-32,34-44,49-50,53H,11,16-18,20-23H2,1-10H3/b13-12+,26-15+,33-14+/t24-,25-,27-,29-,30-,31+,32-,34-,35-,36-,37-,38-,39+,40-,41-,42+,43-,44+,47+,48+/m0/s1. The number of rotatable bonds is 8. The van der Waals surface area contributed by atoms with E-state index in [2.05, 4.69) is 26.8 Å². The molecule has 0 aromatic carbocycles. The molecule has 5 saturated heterocycles. The van der Waals surface area contributed by atoms with E-state index in [1.807, 2.05) is 26.8 Å². The fourth-order valence-electron chi connectivity index (χ4n) is 10.9. The van der Waals surface area contributed by atoms with Gasteiger partial charge in [0.2, 0.25) is 0 Å². The number of fused-ring (bicyclic) bond motifs is 2. The molecule has 354 valence electrons. The topological polar surface area (TPSA) is 187 Å². The normalized spacial score (nSPS) is 48.7. The van der Waals surface area contributed by atoms with Crippen LogP contribution in [0.2, 0.25) is 0 Å². The summed E-state index contributed by atoms with van der Waals surface area (Å²) in [6.07, 6.45) is 4.12. The Morgan fingerprint density at radius 2 is 1.59 bits per heavy atom. The Morgan fingerprint density at radius 1 is 0.889 bits per heavy atom. The number of aliphatic hydroxyl groups excluding tert-OH is 2. The summed E-state index contributed by atoms with van der Waals surface area (Å²) >= 11 is 0. The number of methoxy groups -OCH3 is 2. The molecule has 15 nitrogen and oxygen atoms in total. The largest absolute Gasteiger partial charge is 0.462 e. The molecule has 0 unspecified atom stereocenters. The summed E-state index contributed by atoms with van der Waals surface area (Å²) < 4.78 is 63.2. The Morgan fingerprint density at radius 3 is 2.30 bits per heavy atom. The Kier molecular flexibility index (Phi) is 15.2. The predicted octanol–water partition coefficient (Wildman–Crippen LogP) is 5.13. The zero-order chi connectivity index (χ0) is 45.5. The second kappa shape index (κ2) is 19.7. The van der Waals surface area contributed by atoms with Gasteiger partial charge in [0.05, 0.1) is 48.3 Å². The molecule has 20 atom stereocenters. The van der Waals surface area contributed by atoms with Crippen molar-refractivity contribution >= 4 is 11.9 Å². The van der Waals surface area contributed by atoms with E-state index < -0.39 is 109 Å². The minimum absolute atomic E-state index is 0.0478. The third kappa shape index (κ3) is 9.81. The van der Waals surface area contributed by atoms with Crippen LogP contribution in [-0.2, 0) is 57.0 Å². The highest BCUT2D eigenvalue weighted by Gasteiger charge is 2.64. The highest BCUT2D eigenvalue weighted by atomic mass is 16.7. The van der Waals surface area contributed by atoms with Gasteiger partial charge in [0.25, 0.3) is 0 Å². The number of carbonyl (C=O) groups is 2. The highest BCUT2D eigenvalue weighted by Crippen LogP contribution is 2.48. The zero-order valence-corrected chi connectivity index (χ0v) is 38.7. The van der Waals surface area contributed by atoms with Crippen LogP contribution in [0.15, 0.2) is 47.1 Å². The van der Waals surface area contributed by atoms with Crippen molar-refractivity contribution in [3.63, 3.8) is 0 Å². The number of aliphatic hydroxyl groups is 3. The van der Waals surface area contributed by atoms with E-state index in [1.165, 1.54) is 12.2 Å². The molecule has 63 heavy (non-hydrogen) atoms. The molecule has 0 aromatic heterocycles. The average Bonchev–Trinajstić information content (AvgIpc) is 3.51. The van der Waals surface area contributed by atoms with Gasteiger partial charge in [-0.1, -0.05) is 58.4 Å². The maximum atomic E-state index is 14.4. The van der Waals surface area contributed by atoms with Gasteiger partial charge in [-0.05, 0) is 69.6 Å². The molecule has 2 bridgehead atoms. The second-order valence-corrected chi connectivity index (χ2v) is 19.3. The monoisotopic (exact) mass is 888 g/mol. The molecule has 7 rings (SSSR count). The first-order valence-corrected chi connectivity index (χ1v) is 23.2. The molecule has 1 aliphatic carbocycles. The first-order chi connectivity index (χ1) is 29.9. The third-order valence-electron chi connectivity index (χ3n) is 14.8. The van der Waals surface area contributed by atoms with Gasteiger partial charge in [0, 0.05) is 52.2 Å². The van der Waals surface area contributed by atoms with Gasteiger partial charge < -0.3 is 62.7 Å². The molecule has 15 heteroatoms. The molecule has 0 aromatic rings. The summed E-state index contributed by atoms with van der Waals surface area (Å²) in [6, 6.07) is 0. The lowest BCUT2D eigenvalue weighted by Gasteiger charge is -2.51. The van der Waals surface area contributed by atoms with Crippen LogP contribution in [0.25, 0.3) is 0 Å². The van der Waals surface area contributed by atoms with Crippen molar-refractivity contribution in [3.8, 4) is 0 Å². The van der Waals surface area contributed by atoms with Crippen LogP contribution in [0.5, 0.6) is 0 Å². The smallest absolute Gasteiger partial charge is 0.337 e. The number of ether oxygens (including phenoxy) is 10. The van der Waals surface area contributed by atoms with Crippen molar-refractivity contribution in [1.82, 2.24) is 0 Å². The molecule has 0 saturated carbocycles. The van der Waals surface area contributed by atoms with Crippen molar-refractivity contribution in [2.45, 2.75) is 204 Å². The van der Waals surface area contributed by atoms with E-state index in [0.717, 1.165) is 18.4 Å². The number of esters is 2. The zero-order valence-electron chi connectivity index (χ0n) is 38.7. The van der Waals surface area contributed by atoms with Gasteiger partial charge in [0.15, 0.2) is 30.1 Å². The van der Waals surface area contributed by atoms with E-state index in [1.54, 1.807) is 34.1 Å². The fourth-order valence-corrected chi connectivity index (χ4v) is 10.9. The second-order valence-electron chi connectivity index (χ2n) is 19.3. The summed E-state index contributed by atoms with van der Waals surface area (Å²) in [5, 5.41) is 34.2. The number of hydrogen-bond donors (Lipinski definition) is 3. The quantitative estimate of drug-likeness (QED) is 0.215. The van der Waals surface area contributed by atoms with Crippen molar-refractivity contribution < 1.29 is 72.3 Å². The number of hydrogen-bond acceptors (Lipinski definition) is 15. The fraction of sp³-hybridized carbons (Fsp3) is 0.792. The van der Waals surface area contributed by atoms with E-state index in [9.17, 15) is 24.9 Å². The summed E-state index contributed by atoms with van der Waals surface area (Å²) in [6.45, 7) is 15.9. The third-order valence-corrected chi connectivity index (χ3v) is 14.8. The van der Waals surface area contributed by atoms with Crippen LogP contribution in [-0.4, -0.2) is 139 Å². The van der Waals surface area contributed by atoms with Gasteiger partial charge in [-0.2, -0.15) is 0 Å². The molecule has 5 fully saturated rings. The first-order valence-electron chi connectivity index (χ1n) is 23.2. The summed E-state index contributed by atoms with van der Waals surface area (Å²) in [5.74, 6) is -3.57. The van der Waals surface area contributed by atoms with Crippen LogP contribution in [0, 0.1) is 23.7 Å². The lowest BCUT2D eigenvalue weighted by molar-refractivity contribution is -0.340. The average molecular weight is 889 g/mol. The molecular formula is C48H72O15. The molecule has 6 aliphatic heterocycles. The summed E-state index contributed by atoms with van der Waals surface area (Å²) in [7, 11) is 3.19. The molecule has 0 radical (unpaired) electrons. The summed E-state index contributed by atoms with van der Waals surface area (Å²) in [4.78, 5) is 27.9. The van der Waals surface area contributed by atoms with Gasteiger partial charge in [-0.15, -0.1) is 0 Å². The molecule has 1 spiro atoms. The Balaban J connectivity index is 1.19. The maximum Gasteiger partial charge on any atom is 0.337 e. The minimum Gasteiger partial charge on any atom is -0.462 e. The molecular weight excluding hydrogens is 817 g/mol. The van der Waals surface area contributed by atoms with E-state index in [0.29, 0.717) is 50.0 Å². The van der Waals surface area contributed by atoms with Crippen molar-refractivity contribution in [1.29, 1.82) is 0 Å². The SMILES string of the molecule is CC[C@H](C)[C@H]1O[C@]2(CC[C@@H]1C)C[C@@H]1C[C@@H](C/C=C(\C)[C@@H](O[C@H]3C[C@H](OC)[C@@H](O[C@H]4C[C@H](OC)[C@@H](O)[C@H](C)O4)[C@H](C)O3)[C@@H](C)/C=C/C=C3\C(=O)O[C@@H]4[C@H](O)C(C)=C[C@@H](C(=O)O1)[C@]34O)O2. The van der Waals surface area contributed by atoms with Crippen LogP contribution < -0.4 is 0 Å². The Bertz CT molecular complexity index is 1760. The molecule has 6 heterocycles. The maximum absolute atomic E-state index is 14.4. The Hall–Kier alpha value is -2.54. The molecule has 0 amide bonds. The van der Waals surface area contributed by atoms with Crippen LogP contribution in [0.4, 0.5) is 0 Å². The van der Waals surface area contributed by atoms with Crippen LogP contribution in [0.3, 0.4) is 0 Å². The summed E-state index contributed by atoms with van der Waals surface area (Å²) in [5.41, 5.74) is -1.05. The van der Waals surface area contributed by atoms with Crippen molar-refractivity contribution in [2.75, 3.05) is 14.2 Å². The van der Waals surface area contributed by atoms with Gasteiger partial charge in [0.1, 0.15) is 30.3 Å². The minimum atomic E-state index is -2.20. The lowest BCUT2D eigenvalue weighted by atomic mass is 9.70. The van der Waals surface area contributed by atoms with Crippen molar-refractivity contribution in [3.05, 3.63) is 47.1 Å². The molecule has 7 aliphatic rings. The van der Waals surface area contributed by atoms with E-state index in [-0.39, 0.29) is 23.5 Å². The van der Waals surface area contributed by atoms with E-state index >= 15 is 0 Å². The number of allylic oxidation sites excluding steroid dienone is 2. The van der Waals surface area contributed by atoms with Crippen molar-refractivity contribution in [2.24, 2.45) is 23.7 Å². The van der Waals surface area contributed by atoms with Gasteiger partial charge >= 0.3 is 11.9 Å². The number of carbonyl (C=O) groups excluding carboxylic acids is 2.